The molecule has 1 fully saturated rings. The van der Waals surface area contributed by atoms with Gasteiger partial charge in [0.05, 0.1) is 0 Å². The quantitative estimate of drug-likeness (QED) is 0.452. The molecule has 0 aromatic heterocycles. The lowest BCUT2D eigenvalue weighted by Crippen LogP contribution is -2.41. The fourth-order valence-electron chi connectivity index (χ4n) is 1.56. The summed E-state index contributed by atoms with van der Waals surface area (Å²) in [5.74, 6) is -3.35. The first-order chi connectivity index (χ1) is 8.78. The molecule has 6 heteroatoms. The van der Waals surface area contributed by atoms with Gasteiger partial charge in [0.25, 0.3) is 5.79 Å². The van der Waals surface area contributed by atoms with Crippen molar-refractivity contribution in [2.75, 3.05) is 0 Å². The highest BCUT2D eigenvalue weighted by molar-refractivity contribution is 9.10. The fraction of sp³-hybridized carbons (Fsp3) is 0.231. The van der Waals surface area contributed by atoms with Gasteiger partial charge < -0.3 is 9.47 Å². The molecule has 0 unspecified atom stereocenters. The van der Waals surface area contributed by atoms with Crippen LogP contribution in [-0.4, -0.2) is 17.7 Å². The minimum atomic E-state index is -1.29. The Hall–Kier alpha value is -1.69. The summed E-state index contributed by atoms with van der Waals surface area (Å²) in [6, 6.07) is 3.93. The molecular weight excluding hydrogens is 319 g/mol. The molecule has 0 bridgehead atoms. The van der Waals surface area contributed by atoms with Crippen LogP contribution in [-0.2, 0) is 19.1 Å². The van der Waals surface area contributed by atoms with Crippen LogP contribution < -0.4 is 0 Å². The van der Waals surface area contributed by atoms with Gasteiger partial charge in [0, 0.05) is 18.3 Å². The van der Waals surface area contributed by atoms with Crippen molar-refractivity contribution in [3.05, 3.63) is 39.6 Å². The predicted molar refractivity (Wildman–Crippen MR) is 68.3 cm³/mol. The van der Waals surface area contributed by atoms with Crippen LogP contribution in [0, 0.1) is 5.82 Å². The molecule has 2 rings (SSSR count). The number of benzene rings is 1. The van der Waals surface area contributed by atoms with Crippen molar-refractivity contribution in [2.24, 2.45) is 0 Å². The Morgan fingerprint density at radius 3 is 2.37 bits per heavy atom. The number of carbonyl (C=O) groups is 2. The van der Waals surface area contributed by atoms with Crippen LogP contribution in [0.3, 0.4) is 0 Å². The number of carbonyl (C=O) groups excluding carboxylic acids is 2. The number of esters is 2. The molecule has 1 aliphatic heterocycles. The standard InChI is InChI=1S/C13H10BrFO4/c1-13(2)18-11(16)9(12(17)19-13)6-7-5-8(15)3-4-10(7)14/h3-6H,1-2H3. The van der Waals surface area contributed by atoms with E-state index in [1.54, 1.807) is 0 Å². The average molecular weight is 329 g/mol. The van der Waals surface area contributed by atoms with Crippen LogP contribution in [0.4, 0.5) is 4.39 Å². The first-order valence-electron chi connectivity index (χ1n) is 5.42. The van der Waals surface area contributed by atoms with Gasteiger partial charge in [0.1, 0.15) is 11.4 Å². The van der Waals surface area contributed by atoms with Gasteiger partial charge in [-0.1, -0.05) is 15.9 Å². The van der Waals surface area contributed by atoms with E-state index in [1.807, 2.05) is 0 Å². The van der Waals surface area contributed by atoms with Crippen molar-refractivity contribution in [3.8, 4) is 0 Å². The van der Waals surface area contributed by atoms with Gasteiger partial charge in [0.15, 0.2) is 0 Å². The van der Waals surface area contributed by atoms with Gasteiger partial charge in [-0.25, -0.2) is 14.0 Å². The summed E-state index contributed by atoms with van der Waals surface area (Å²) >= 11 is 3.20. The number of hydrogen-bond donors (Lipinski definition) is 0. The Morgan fingerprint density at radius 1 is 1.21 bits per heavy atom. The van der Waals surface area contributed by atoms with E-state index in [-0.39, 0.29) is 5.57 Å². The smallest absolute Gasteiger partial charge is 0.348 e. The van der Waals surface area contributed by atoms with Gasteiger partial charge in [-0.05, 0) is 29.8 Å². The minimum absolute atomic E-state index is 0.273. The molecule has 100 valence electrons. The minimum Gasteiger partial charge on any atom is -0.419 e. The molecule has 1 saturated heterocycles. The van der Waals surface area contributed by atoms with E-state index in [2.05, 4.69) is 15.9 Å². The highest BCUT2D eigenvalue weighted by atomic mass is 79.9. The Kier molecular flexibility index (Phi) is 3.45. The summed E-state index contributed by atoms with van der Waals surface area (Å²) in [5.41, 5.74) is 0.0780. The second kappa shape index (κ2) is 4.77. The third-order valence-corrected chi connectivity index (χ3v) is 3.10. The average Bonchev–Trinajstić information content (AvgIpc) is 2.26. The molecule has 0 aliphatic carbocycles. The monoisotopic (exact) mass is 328 g/mol. The summed E-state index contributed by atoms with van der Waals surface area (Å²) in [4.78, 5) is 23.4. The molecule has 1 heterocycles. The number of hydrogen-bond acceptors (Lipinski definition) is 4. The topological polar surface area (TPSA) is 52.6 Å². The van der Waals surface area contributed by atoms with Crippen LogP contribution in [0.2, 0.25) is 0 Å². The molecular formula is C13H10BrFO4. The van der Waals surface area contributed by atoms with Crippen molar-refractivity contribution in [1.82, 2.24) is 0 Å². The molecule has 1 aromatic carbocycles. The lowest BCUT2D eigenvalue weighted by Gasteiger charge is -2.29. The van der Waals surface area contributed by atoms with E-state index < -0.39 is 23.5 Å². The Bertz CT molecular complexity index is 570. The second-order valence-corrected chi connectivity index (χ2v) is 5.26. The number of cyclic esters (lactones) is 2. The molecule has 0 amide bonds. The maximum absolute atomic E-state index is 13.1. The first kappa shape index (κ1) is 13.7. The van der Waals surface area contributed by atoms with Gasteiger partial charge in [-0.2, -0.15) is 0 Å². The van der Waals surface area contributed by atoms with E-state index in [4.69, 9.17) is 9.47 Å². The fourth-order valence-corrected chi connectivity index (χ4v) is 1.92. The molecule has 0 N–H and O–H groups in total. The zero-order valence-corrected chi connectivity index (χ0v) is 11.8. The molecule has 0 atom stereocenters. The third-order valence-electron chi connectivity index (χ3n) is 2.37. The lowest BCUT2D eigenvalue weighted by molar-refractivity contribution is -0.222. The maximum atomic E-state index is 13.1. The van der Waals surface area contributed by atoms with Crippen molar-refractivity contribution >= 4 is 33.9 Å². The lowest BCUT2D eigenvalue weighted by atomic mass is 10.1. The highest BCUT2D eigenvalue weighted by Crippen LogP contribution is 2.26. The zero-order valence-electron chi connectivity index (χ0n) is 10.2. The largest absolute Gasteiger partial charge is 0.419 e. The number of halogens is 2. The maximum Gasteiger partial charge on any atom is 0.348 e. The molecule has 0 saturated carbocycles. The summed E-state index contributed by atoms with van der Waals surface area (Å²) in [5, 5.41) is 0. The summed E-state index contributed by atoms with van der Waals surface area (Å²) in [6.45, 7) is 2.91. The van der Waals surface area contributed by atoms with E-state index in [0.29, 0.717) is 10.0 Å². The van der Waals surface area contributed by atoms with E-state index in [0.717, 1.165) is 0 Å². The molecule has 0 radical (unpaired) electrons. The SMILES string of the molecule is CC1(C)OC(=O)C(=Cc2cc(F)ccc2Br)C(=O)O1. The number of rotatable bonds is 1. The molecule has 1 aromatic rings. The summed E-state index contributed by atoms with van der Waals surface area (Å²) in [6.07, 6.45) is 1.23. The second-order valence-electron chi connectivity index (χ2n) is 4.40. The van der Waals surface area contributed by atoms with Crippen LogP contribution in [0.1, 0.15) is 19.4 Å². The van der Waals surface area contributed by atoms with E-state index in [9.17, 15) is 14.0 Å². The normalized spacial score (nSPS) is 17.8. The van der Waals surface area contributed by atoms with Crippen molar-refractivity contribution in [3.63, 3.8) is 0 Å². The zero-order chi connectivity index (χ0) is 14.2. The van der Waals surface area contributed by atoms with E-state index in [1.165, 1.54) is 38.1 Å². The van der Waals surface area contributed by atoms with Crippen LogP contribution in [0.5, 0.6) is 0 Å². The summed E-state index contributed by atoms with van der Waals surface area (Å²) in [7, 11) is 0. The highest BCUT2D eigenvalue weighted by Gasteiger charge is 2.38. The Balaban J connectivity index is 2.41. The van der Waals surface area contributed by atoms with Crippen LogP contribution in [0.15, 0.2) is 28.2 Å². The van der Waals surface area contributed by atoms with Gasteiger partial charge in [-0.3, -0.25) is 0 Å². The molecule has 19 heavy (non-hydrogen) atoms. The molecule has 0 spiro atoms. The van der Waals surface area contributed by atoms with Crippen molar-refractivity contribution < 1.29 is 23.5 Å². The predicted octanol–water partition coefficient (Wildman–Crippen LogP) is 2.81. The third kappa shape index (κ3) is 3.01. The van der Waals surface area contributed by atoms with Crippen molar-refractivity contribution in [2.45, 2.75) is 19.6 Å². The summed E-state index contributed by atoms with van der Waals surface area (Å²) < 4.78 is 23.6. The van der Waals surface area contributed by atoms with Crippen LogP contribution >= 0.6 is 15.9 Å². The van der Waals surface area contributed by atoms with Gasteiger partial charge >= 0.3 is 11.9 Å². The van der Waals surface area contributed by atoms with Crippen LogP contribution in [0.25, 0.3) is 6.08 Å². The van der Waals surface area contributed by atoms with Gasteiger partial charge in [-0.15, -0.1) is 0 Å². The molecule has 1 aliphatic rings. The molecule has 4 nitrogen and oxygen atoms in total. The number of ether oxygens (including phenoxy) is 2. The van der Waals surface area contributed by atoms with Crippen molar-refractivity contribution in [1.29, 1.82) is 0 Å². The van der Waals surface area contributed by atoms with Gasteiger partial charge in [0.2, 0.25) is 0 Å². The Morgan fingerprint density at radius 2 is 1.79 bits per heavy atom. The first-order valence-corrected chi connectivity index (χ1v) is 6.21. The Labute approximate surface area is 117 Å². The van der Waals surface area contributed by atoms with E-state index >= 15 is 0 Å².